The Kier molecular flexibility index (Phi) is 6.90. The van der Waals surface area contributed by atoms with Gasteiger partial charge in [0.1, 0.15) is 17.5 Å². The molecule has 0 aliphatic heterocycles. The fraction of sp³-hybridized carbons (Fsp3) is 0.323. The Bertz CT molecular complexity index is 1770. The summed E-state index contributed by atoms with van der Waals surface area (Å²) in [5.74, 6) is -0.831. The number of imidazole rings is 1. The molecule has 10 heteroatoms. The largest absolute Gasteiger partial charge is 0.508 e. The fourth-order valence-corrected chi connectivity index (χ4v) is 5.92. The number of aryl methyl sites for hydroxylation is 2. The molecule has 1 aliphatic carbocycles. The molecular formula is C31H32N6O4. The number of phenolic OH excluding ortho intramolecular Hbond substituents is 1. The standard InChI is InChI=1S/C31H32N6O4/c1-17-15-33-27(16-32-17)29-35-25-12-19(8-11-28(25)37(29)20-6-4-3-5-7-20)30(39)36-26(31(40)41)14-22-18(2)34-24-10-9-21(38)13-23(22)24/h8-13,15-16,20,26,34,38H,3-7,14H2,1-2H3,(H,36,39)(H,40,41)/t26-/m0/s1. The highest BCUT2D eigenvalue weighted by Gasteiger charge is 2.26. The summed E-state index contributed by atoms with van der Waals surface area (Å²) >= 11 is 0. The molecule has 0 unspecified atom stereocenters. The number of fused-ring (bicyclic) bond motifs is 2. The summed E-state index contributed by atoms with van der Waals surface area (Å²) in [6, 6.07) is 9.34. The number of carbonyl (C=O) groups excluding carboxylic acids is 1. The average Bonchev–Trinajstić information content (AvgIpc) is 3.50. The van der Waals surface area contributed by atoms with E-state index in [1.54, 1.807) is 42.7 Å². The van der Waals surface area contributed by atoms with Crippen LogP contribution in [0.25, 0.3) is 33.5 Å². The van der Waals surface area contributed by atoms with Gasteiger partial charge in [0.05, 0.1) is 22.9 Å². The first-order valence-corrected chi connectivity index (χ1v) is 13.9. The molecule has 2 aromatic carbocycles. The molecule has 1 amide bonds. The smallest absolute Gasteiger partial charge is 0.326 e. The number of nitrogens with zero attached hydrogens (tertiary/aromatic N) is 4. The number of phenols is 1. The van der Waals surface area contributed by atoms with Crippen molar-refractivity contribution in [3.8, 4) is 17.3 Å². The van der Waals surface area contributed by atoms with E-state index in [-0.39, 0.29) is 18.2 Å². The quantitative estimate of drug-likeness (QED) is 0.216. The third kappa shape index (κ3) is 5.13. The highest BCUT2D eigenvalue weighted by molar-refractivity contribution is 6.00. The lowest BCUT2D eigenvalue weighted by molar-refractivity contribution is -0.139. The number of nitrogens with one attached hydrogen (secondary N) is 2. The van der Waals surface area contributed by atoms with E-state index in [4.69, 9.17) is 4.98 Å². The van der Waals surface area contributed by atoms with Gasteiger partial charge in [-0.15, -0.1) is 0 Å². The van der Waals surface area contributed by atoms with Crippen molar-refractivity contribution in [2.24, 2.45) is 0 Å². The Hall–Kier alpha value is -4.73. The summed E-state index contributed by atoms with van der Waals surface area (Å²) in [6.07, 6.45) is 9.12. The van der Waals surface area contributed by atoms with E-state index in [2.05, 4.69) is 24.8 Å². The topological polar surface area (TPSA) is 146 Å². The maximum atomic E-state index is 13.4. The van der Waals surface area contributed by atoms with Crippen molar-refractivity contribution in [2.45, 2.75) is 64.5 Å². The Balaban J connectivity index is 1.32. The van der Waals surface area contributed by atoms with Crippen molar-refractivity contribution in [3.63, 3.8) is 0 Å². The second-order valence-corrected chi connectivity index (χ2v) is 10.9. The first-order chi connectivity index (χ1) is 19.8. The van der Waals surface area contributed by atoms with Gasteiger partial charge in [0.15, 0.2) is 5.82 Å². The van der Waals surface area contributed by atoms with Crippen LogP contribution < -0.4 is 5.32 Å². The van der Waals surface area contributed by atoms with E-state index in [1.807, 2.05) is 19.9 Å². The summed E-state index contributed by atoms with van der Waals surface area (Å²) in [4.78, 5) is 42.7. The molecule has 0 saturated heterocycles. The minimum atomic E-state index is -1.17. The summed E-state index contributed by atoms with van der Waals surface area (Å²) in [5.41, 5.74) is 5.69. The fourth-order valence-electron chi connectivity index (χ4n) is 5.92. The highest BCUT2D eigenvalue weighted by Crippen LogP contribution is 2.35. The van der Waals surface area contributed by atoms with Crippen molar-refractivity contribution < 1.29 is 19.8 Å². The maximum Gasteiger partial charge on any atom is 0.326 e. The lowest BCUT2D eigenvalue weighted by Crippen LogP contribution is -2.42. The van der Waals surface area contributed by atoms with E-state index in [1.165, 1.54) is 6.42 Å². The zero-order valence-electron chi connectivity index (χ0n) is 23.0. The molecule has 0 radical (unpaired) electrons. The zero-order valence-corrected chi connectivity index (χ0v) is 23.0. The second-order valence-electron chi connectivity index (χ2n) is 10.9. The van der Waals surface area contributed by atoms with Gasteiger partial charge >= 0.3 is 5.97 Å². The number of carboxylic acid groups (broad SMARTS) is 1. The number of amides is 1. The van der Waals surface area contributed by atoms with E-state index >= 15 is 0 Å². The minimum absolute atomic E-state index is 0.0607. The normalized spacial score (nSPS) is 14.9. The third-order valence-corrected chi connectivity index (χ3v) is 8.02. The Labute approximate surface area is 236 Å². The number of aromatic amines is 1. The minimum Gasteiger partial charge on any atom is -0.508 e. The van der Waals surface area contributed by atoms with Crippen LogP contribution in [0.3, 0.4) is 0 Å². The van der Waals surface area contributed by atoms with E-state index in [0.29, 0.717) is 16.8 Å². The first-order valence-electron chi connectivity index (χ1n) is 13.9. The molecule has 1 fully saturated rings. The number of carbonyl (C=O) groups is 2. The predicted octanol–water partition coefficient (Wildman–Crippen LogP) is 5.23. The molecule has 5 aromatic rings. The van der Waals surface area contributed by atoms with Gasteiger partial charge in [-0.2, -0.15) is 0 Å². The van der Waals surface area contributed by atoms with E-state index < -0.39 is 17.9 Å². The van der Waals surface area contributed by atoms with Crippen LogP contribution in [-0.2, 0) is 11.2 Å². The molecule has 1 saturated carbocycles. The summed E-state index contributed by atoms with van der Waals surface area (Å²) in [6.45, 7) is 3.74. The van der Waals surface area contributed by atoms with Gasteiger partial charge in [0, 0.05) is 40.8 Å². The van der Waals surface area contributed by atoms with Crippen LogP contribution in [0.2, 0.25) is 0 Å². The van der Waals surface area contributed by atoms with E-state index in [9.17, 15) is 19.8 Å². The van der Waals surface area contributed by atoms with Crippen LogP contribution >= 0.6 is 0 Å². The number of aromatic nitrogens is 5. The predicted molar refractivity (Wildman–Crippen MR) is 155 cm³/mol. The molecule has 41 heavy (non-hydrogen) atoms. The van der Waals surface area contributed by atoms with Gasteiger partial charge in [-0.25, -0.2) is 14.8 Å². The molecule has 3 aromatic heterocycles. The van der Waals surface area contributed by atoms with Gasteiger partial charge < -0.3 is 25.1 Å². The molecule has 210 valence electrons. The number of rotatable bonds is 7. The van der Waals surface area contributed by atoms with E-state index in [0.717, 1.165) is 64.9 Å². The number of H-pyrrole nitrogens is 1. The van der Waals surface area contributed by atoms with Crippen molar-refractivity contribution in [1.82, 2.24) is 29.8 Å². The molecule has 0 bridgehead atoms. The molecule has 1 aliphatic rings. The van der Waals surface area contributed by atoms with Crippen molar-refractivity contribution in [1.29, 1.82) is 0 Å². The van der Waals surface area contributed by atoms with Crippen LogP contribution in [0.4, 0.5) is 0 Å². The first kappa shape index (κ1) is 26.5. The number of benzene rings is 2. The van der Waals surface area contributed by atoms with Crippen LogP contribution in [0.15, 0.2) is 48.8 Å². The van der Waals surface area contributed by atoms with Gasteiger partial charge in [-0.1, -0.05) is 19.3 Å². The molecular weight excluding hydrogens is 520 g/mol. The van der Waals surface area contributed by atoms with Crippen LogP contribution in [0, 0.1) is 13.8 Å². The Morgan fingerprint density at radius 2 is 1.88 bits per heavy atom. The van der Waals surface area contributed by atoms with Gasteiger partial charge in [-0.05, 0) is 68.7 Å². The number of hydrogen-bond donors (Lipinski definition) is 4. The molecule has 10 nitrogen and oxygen atoms in total. The monoisotopic (exact) mass is 552 g/mol. The lowest BCUT2D eigenvalue weighted by atomic mass is 9.95. The van der Waals surface area contributed by atoms with Crippen LogP contribution in [0.5, 0.6) is 5.75 Å². The van der Waals surface area contributed by atoms with Crippen LogP contribution in [-0.4, -0.2) is 52.6 Å². The zero-order chi connectivity index (χ0) is 28.7. The summed E-state index contributed by atoms with van der Waals surface area (Å²) < 4.78 is 2.23. The van der Waals surface area contributed by atoms with Crippen LogP contribution in [0.1, 0.15) is 65.5 Å². The maximum absolute atomic E-state index is 13.4. The van der Waals surface area contributed by atoms with Crippen molar-refractivity contribution in [2.75, 3.05) is 0 Å². The molecule has 1 atom stereocenters. The highest BCUT2D eigenvalue weighted by atomic mass is 16.4. The number of aliphatic carboxylic acids is 1. The van der Waals surface area contributed by atoms with Gasteiger partial charge in [0.25, 0.3) is 5.91 Å². The number of hydrogen-bond acceptors (Lipinski definition) is 6. The average molecular weight is 553 g/mol. The summed E-state index contributed by atoms with van der Waals surface area (Å²) in [5, 5.41) is 23.4. The third-order valence-electron chi connectivity index (χ3n) is 8.02. The SMILES string of the molecule is Cc1cnc(-c2nc3cc(C(=O)N[C@@H](Cc4c(C)[nH]c5ccc(O)cc45)C(=O)O)ccc3n2C2CCCCC2)cn1. The molecule has 6 rings (SSSR count). The number of aromatic hydroxyl groups is 1. The molecule has 3 heterocycles. The molecule has 0 spiro atoms. The van der Waals surface area contributed by atoms with Crippen molar-refractivity contribution in [3.05, 3.63) is 71.3 Å². The van der Waals surface area contributed by atoms with Gasteiger partial charge in [-0.3, -0.25) is 9.78 Å². The molecule has 4 N–H and O–H groups in total. The summed E-state index contributed by atoms with van der Waals surface area (Å²) in [7, 11) is 0. The Morgan fingerprint density at radius 3 is 2.61 bits per heavy atom. The van der Waals surface area contributed by atoms with Crippen molar-refractivity contribution >= 4 is 33.8 Å². The number of carboxylic acids is 1. The van der Waals surface area contributed by atoms with Gasteiger partial charge in [0.2, 0.25) is 0 Å². The second kappa shape index (κ2) is 10.7. The lowest BCUT2D eigenvalue weighted by Gasteiger charge is -2.25. The Morgan fingerprint density at radius 1 is 1.07 bits per heavy atom.